The molecule has 1 atom stereocenters. The highest BCUT2D eigenvalue weighted by molar-refractivity contribution is 5.73. The number of likely N-dealkylation sites (tertiary alicyclic amines) is 1. The van der Waals surface area contributed by atoms with Crippen LogP contribution in [0, 0.1) is 0 Å². The predicted octanol–water partition coefficient (Wildman–Crippen LogP) is 2.63. The molecule has 1 saturated carbocycles. The number of aromatic amines is 1. The van der Waals surface area contributed by atoms with E-state index >= 15 is 0 Å². The van der Waals surface area contributed by atoms with E-state index in [2.05, 4.69) is 21.9 Å². The number of carboxylic acids is 1. The standard InChI is InChI=1S/C15H21N5O.C2HF3O2/c1-10(19-7-4-8-19)13-17-14-12(15(21)18-13)9-16-20(14)11-5-2-3-6-11;3-2(4,5)1(6)7/h9-11H,2-8H2,1H3,(H,17,18,21);(H,6,7). The Morgan fingerprint density at radius 3 is 2.39 bits per heavy atom. The Morgan fingerprint density at radius 2 is 1.89 bits per heavy atom. The fourth-order valence-corrected chi connectivity index (χ4v) is 3.47. The molecule has 4 rings (SSSR count). The summed E-state index contributed by atoms with van der Waals surface area (Å²) in [6.45, 7) is 4.29. The van der Waals surface area contributed by atoms with Crippen LogP contribution in [0.5, 0.6) is 0 Å². The van der Waals surface area contributed by atoms with Gasteiger partial charge in [-0.3, -0.25) is 9.69 Å². The van der Waals surface area contributed by atoms with Crippen molar-refractivity contribution in [3.05, 3.63) is 22.4 Å². The number of hydrogen-bond donors (Lipinski definition) is 2. The lowest BCUT2D eigenvalue weighted by Crippen LogP contribution is -2.40. The van der Waals surface area contributed by atoms with E-state index in [4.69, 9.17) is 14.9 Å². The van der Waals surface area contributed by atoms with E-state index in [0.29, 0.717) is 11.4 Å². The number of rotatable bonds is 3. The van der Waals surface area contributed by atoms with E-state index in [1.165, 1.54) is 19.3 Å². The molecule has 2 fully saturated rings. The molecule has 2 N–H and O–H groups in total. The number of nitrogens with one attached hydrogen (secondary N) is 1. The topological polar surface area (TPSA) is 104 Å². The van der Waals surface area contributed by atoms with Crippen molar-refractivity contribution in [2.75, 3.05) is 13.1 Å². The minimum absolute atomic E-state index is 0.0633. The Labute approximate surface area is 158 Å². The number of hydrogen-bond acceptors (Lipinski definition) is 5. The summed E-state index contributed by atoms with van der Waals surface area (Å²) in [7, 11) is 0. The molecule has 2 aliphatic rings. The van der Waals surface area contributed by atoms with Crippen molar-refractivity contribution in [3.8, 4) is 0 Å². The number of aromatic nitrogens is 4. The van der Waals surface area contributed by atoms with Crippen LogP contribution < -0.4 is 5.56 Å². The zero-order valence-electron chi connectivity index (χ0n) is 15.4. The lowest BCUT2D eigenvalue weighted by atomic mass is 10.1. The Hall–Kier alpha value is -2.43. The van der Waals surface area contributed by atoms with Gasteiger partial charge < -0.3 is 10.1 Å². The molecule has 154 valence electrons. The van der Waals surface area contributed by atoms with Crippen LogP contribution in [-0.2, 0) is 4.79 Å². The van der Waals surface area contributed by atoms with Gasteiger partial charge in [-0.1, -0.05) is 12.8 Å². The molecule has 0 spiro atoms. The van der Waals surface area contributed by atoms with E-state index in [9.17, 15) is 18.0 Å². The molecular formula is C17H22F3N5O3. The molecule has 3 heterocycles. The van der Waals surface area contributed by atoms with Crippen molar-refractivity contribution >= 4 is 17.0 Å². The van der Waals surface area contributed by atoms with E-state index in [1.807, 2.05) is 4.68 Å². The van der Waals surface area contributed by atoms with E-state index in [-0.39, 0.29) is 11.6 Å². The molecule has 2 aromatic heterocycles. The van der Waals surface area contributed by atoms with Crippen LogP contribution >= 0.6 is 0 Å². The number of alkyl halides is 3. The highest BCUT2D eigenvalue weighted by Gasteiger charge is 2.38. The molecule has 1 aliphatic carbocycles. The minimum atomic E-state index is -5.08. The Kier molecular flexibility index (Phi) is 5.73. The monoisotopic (exact) mass is 401 g/mol. The van der Waals surface area contributed by atoms with Crippen LogP contribution in [0.1, 0.15) is 56.9 Å². The van der Waals surface area contributed by atoms with Gasteiger partial charge in [0.15, 0.2) is 5.65 Å². The van der Waals surface area contributed by atoms with Crippen molar-refractivity contribution in [2.24, 2.45) is 0 Å². The van der Waals surface area contributed by atoms with Crippen molar-refractivity contribution in [1.29, 1.82) is 0 Å². The highest BCUT2D eigenvalue weighted by Crippen LogP contribution is 2.31. The van der Waals surface area contributed by atoms with Gasteiger partial charge in [-0.05, 0) is 26.2 Å². The predicted molar refractivity (Wildman–Crippen MR) is 93.9 cm³/mol. The Balaban J connectivity index is 0.000000279. The van der Waals surface area contributed by atoms with Gasteiger partial charge in [0.25, 0.3) is 5.56 Å². The van der Waals surface area contributed by atoms with E-state index < -0.39 is 12.1 Å². The van der Waals surface area contributed by atoms with Crippen LogP contribution in [-0.4, -0.2) is 55.0 Å². The first-order valence-electron chi connectivity index (χ1n) is 9.20. The molecule has 1 unspecified atom stereocenters. The van der Waals surface area contributed by atoms with Crippen LogP contribution in [0.25, 0.3) is 11.0 Å². The maximum absolute atomic E-state index is 12.3. The number of H-pyrrole nitrogens is 1. The summed E-state index contributed by atoms with van der Waals surface area (Å²) in [4.78, 5) is 31.2. The molecule has 0 amide bonds. The minimum Gasteiger partial charge on any atom is -0.475 e. The molecule has 11 heteroatoms. The first kappa shape index (κ1) is 20.3. The summed E-state index contributed by atoms with van der Waals surface area (Å²) in [6, 6.07) is 0.576. The third-order valence-electron chi connectivity index (χ3n) is 5.23. The number of carboxylic acid groups (broad SMARTS) is 1. The van der Waals surface area contributed by atoms with Gasteiger partial charge >= 0.3 is 12.1 Å². The maximum Gasteiger partial charge on any atom is 0.490 e. The fraction of sp³-hybridized carbons (Fsp3) is 0.647. The van der Waals surface area contributed by atoms with Crippen LogP contribution in [0.4, 0.5) is 13.2 Å². The second-order valence-electron chi connectivity index (χ2n) is 7.08. The molecule has 0 aromatic carbocycles. The number of nitrogens with zero attached hydrogens (tertiary/aromatic N) is 4. The summed E-state index contributed by atoms with van der Waals surface area (Å²) in [5, 5.41) is 12.2. The quantitative estimate of drug-likeness (QED) is 0.819. The summed E-state index contributed by atoms with van der Waals surface area (Å²) in [5.74, 6) is -1.99. The second kappa shape index (κ2) is 7.90. The van der Waals surface area contributed by atoms with Gasteiger partial charge in [-0.2, -0.15) is 18.3 Å². The number of aliphatic carboxylic acids is 1. The van der Waals surface area contributed by atoms with Gasteiger partial charge in [0.2, 0.25) is 0 Å². The van der Waals surface area contributed by atoms with Crippen molar-refractivity contribution in [2.45, 2.75) is 57.3 Å². The Morgan fingerprint density at radius 1 is 1.29 bits per heavy atom. The smallest absolute Gasteiger partial charge is 0.475 e. The molecule has 0 bridgehead atoms. The third-order valence-corrected chi connectivity index (χ3v) is 5.23. The molecule has 8 nitrogen and oxygen atoms in total. The van der Waals surface area contributed by atoms with Crippen LogP contribution in [0.3, 0.4) is 0 Å². The number of halogens is 3. The second-order valence-corrected chi connectivity index (χ2v) is 7.08. The summed E-state index contributed by atoms with van der Waals surface area (Å²) < 4.78 is 33.7. The first-order chi connectivity index (χ1) is 13.2. The maximum atomic E-state index is 12.3. The van der Waals surface area contributed by atoms with Crippen LogP contribution in [0.2, 0.25) is 0 Å². The van der Waals surface area contributed by atoms with Gasteiger partial charge in [0.05, 0.1) is 18.3 Å². The SMILES string of the molecule is CC(c1nc2c(cnn2C2CCCC2)c(=O)[nH]1)N1CCC1.O=C(O)C(F)(F)F. The van der Waals surface area contributed by atoms with Crippen molar-refractivity contribution in [1.82, 2.24) is 24.6 Å². The van der Waals surface area contributed by atoms with Gasteiger partial charge in [-0.25, -0.2) is 14.5 Å². The van der Waals surface area contributed by atoms with E-state index in [0.717, 1.165) is 37.4 Å². The van der Waals surface area contributed by atoms with Gasteiger partial charge in [0, 0.05) is 13.1 Å². The number of fused-ring (bicyclic) bond motifs is 1. The summed E-state index contributed by atoms with van der Waals surface area (Å²) in [6.07, 6.45) is 2.58. The molecular weight excluding hydrogens is 379 g/mol. The lowest BCUT2D eigenvalue weighted by molar-refractivity contribution is -0.192. The van der Waals surface area contributed by atoms with Crippen LogP contribution in [0.15, 0.2) is 11.0 Å². The zero-order valence-corrected chi connectivity index (χ0v) is 15.4. The first-order valence-corrected chi connectivity index (χ1v) is 9.20. The lowest BCUT2D eigenvalue weighted by Gasteiger charge is -2.35. The largest absolute Gasteiger partial charge is 0.490 e. The molecule has 28 heavy (non-hydrogen) atoms. The Bertz CT molecular complexity index is 898. The molecule has 1 aliphatic heterocycles. The summed E-state index contributed by atoms with van der Waals surface area (Å²) >= 11 is 0. The highest BCUT2D eigenvalue weighted by atomic mass is 19.4. The van der Waals surface area contributed by atoms with Gasteiger partial charge in [-0.15, -0.1) is 0 Å². The van der Waals surface area contributed by atoms with Crippen molar-refractivity contribution < 1.29 is 23.1 Å². The average molecular weight is 401 g/mol. The number of carbonyl (C=O) groups is 1. The van der Waals surface area contributed by atoms with E-state index in [1.54, 1.807) is 6.20 Å². The normalized spacial score (nSPS) is 19.1. The molecule has 2 aromatic rings. The fourth-order valence-electron chi connectivity index (χ4n) is 3.47. The average Bonchev–Trinajstić information content (AvgIpc) is 3.21. The van der Waals surface area contributed by atoms with Gasteiger partial charge in [0.1, 0.15) is 11.2 Å². The zero-order chi connectivity index (χ0) is 20.5. The molecule has 1 saturated heterocycles. The summed E-state index contributed by atoms with van der Waals surface area (Å²) in [5.41, 5.74) is 0.694. The molecule has 0 radical (unpaired) electrons. The van der Waals surface area contributed by atoms with Crippen molar-refractivity contribution in [3.63, 3.8) is 0 Å². The third kappa shape index (κ3) is 4.18.